The maximum atomic E-state index is 13.2. The Labute approximate surface area is 125 Å². The van der Waals surface area contributed by atoms with Crippen LogP contribution in [-0.4, -0.2) is 8.42 Å². The van der Waals surface area contributed by atoms with Crippen molar-refractivity contribution in [2.45, 2.75) is 4.90 Å². The summed E-state index contributed by atoms with van der Waals surface area (Å²) in [6.07, 6.45) is 0. The molecule has 0 aliphatic rings. The summed E-state index contributed by atoms with van der Waals surface area (Å²) in [6, 6.07) is 8.99. The molecule has 2 aromatic rings. The molecule has 0 saturated heterocycles. The number of para-hydroxylation sites is 1. The van der Waals surface area contributed by atoms with Gasteiger partial charge in [0.15, 0.2) is 0 Å². The maximum Gasteiger partial charge on any atom is 0.262 e. The lowest BCUT2D eigenvalue weighted by Gasteiger charge is -2.12. The van der Waals surface area contributed by atoms with Gasteiger partial charge in [0.25, 0.3) is 10.0 Å². The number of halogens is 2. The number of nitrogens with one attached hydrogen (secondary N) is 1. The number of hydrogen-bond donors (Lipinski definition) is 2. The number of nitriles is 1. The fourth-order valence-electron chi connectivity index (χ4n) is 1.60. The van der Waals surface area contributed by atoms with Gasteiger partial charge in [0.05, 0.1) is 26.9 Å². The van der Waals surface area contributed by atoms with Crippen molar-refractivity contribution in [2.75, 3.05) is 10.5 Å². The highest BCUT2D eigenvalue weighted by molar-refractivity contribution is 7.92. The summed E-state index contributed by atoms with van der Waals surface area (Å²) >= 11 is 5.89. The molecule has 2 aromatic carbocycles. The number of rotatable bonds is 3. The van der Waals surface area contributed by atoms with Crippen molar-refractivity contribution in [1.29, 1.82) is 5.26 Å². The summed E-state index contributed by atoms with van der Waals surface area (Å²) < 4.78 is 39.9. The van der Waals surface area contributed by atoms with E-state index in [1.54, 1.807) is 12.1 Å². The van der Waals surface area contributed by atoms with Gasteiger partial charge in [-0.1, -0.05) is 17.7 Å². The molecule has 0 unspecified atom stereocenters. The normalized spacial score (nSPS) is 10.9. The predicted molar refractivity (Wildman–Crippen MR) is 77.8 cm³/mol. The van der Waals surface area contributed by atoms with E-state index in [9.17, 15) is 12.8 Å². The Bertz CT molecular complexity index is 827. The van der Waals surface area contributed by atoms with Crippen molar-refractivity contribution >= 4 is 33.0 Å². The van der Waals surface area contributed by atoms with E-state index in [-0.39, 0.29) is 26.9 Å². The molecule has 21 heavy (non-hydrogen) atoms. The SMILES string of the molecule is N#Cc1cc(S(=O)(=O)Nc2c(N)cccc2Cl)ccc1F. The first-order chi connectivity index (χ1) is 9.85. The number of nitrogens with two attached hydrogens (primary N) is 1. The van der Waals surface area contributed by atoms with Crippen molar-refractivity contribution in [3.05, 3.63) is 52.8 Å². The van der Waals surface area contributed by atoms with Gasteiger partial charge in [0, 0.05) is 0 Å². The fourth-order valence-corrected chi connectivity index (χ4v) is 3.02. The van der Waals surface area contributed by atoms with E-state index >= 15 is 0 Å². The van der Waals surface area contributed by atoms with Crippen LogP contribution in [0.25, 0.3) is 0 Å². The third kappa shape index (κ3) is 3.07. The number of benzene rings is 2. The topological polar surface area (TPSA) is 96.0 Å². The average molecular weight is 326 g/mol. The highest BCUT2D eigenvalue weighted by Crippen LogP contribution is 2.30. The lowest BCUT2D eigenvalue weighted by atomic mass is 10.2. The quantitative estimate of drug-likeness (QED) is 0.848. The van der Waals surface area contributed by atoms with E-state index in [0.717, 1.165) is 18.2 Å². The summed E-state index contributed by atoms with van der Waals surface area (Å²) in [7, 11) is -4.04. The smallest absolute Gasteiger partial charge is 0.262 e. The third-order valence-electron chi connectivity index (χ3n) is 2.65. The lowest BCUT2D eigenvalue weighted by Crippen LogP contribution is -2.15. The van der Waals surface area contributed by atoms with Crippen LogP contribution in [0.1, 0.15) is 5.56 Å². The molecule has 0 aromatic heterocycles. The summed E-state index contributed by atoms with van der Waals surface area (Å²) in [4.78, 5) is -0.264. The Kier molecular flexibility index (Phi) is 4.02. The molecule has 0 saturated carbocycles. The molecule has 0 amide bonds. The predicted octanol–water partition coefficient (Wildman–Crippen LogP) is 2.73. The summed E-state index contributed by atoms with van der Waals surface area (Å²) in [5, 5.41) is 8.87. The minimum Gasteiger partial charge on any atom is -0.397 e. The second-order valence-electron chi connectivity index (χ2n) is 4.06. The largest absolute Gasteiger partial charge is 0.397 e. The van der Waals surface area contributed by atoms with Gasteiger partial charge in [0.2, 0.25) is 0 Å². The first kappa shape index (κ1) is 15.1. The molecule has 3 N–H and O–H groups in total. The molecule has 0 aliphatic carbocycles. The number of nitrogen functional groups attached to an aromatic ring is 1. The summed E-state index contributed by atoms with van der Waals surface area (Å²) in [5.41, 5.74) is 5.47. The molecule has 0 bridgehead atoms. The zero-order valence-electron chi connectivity index (χ0n) is 10.5. The van der Waals surface area contributed by atoms with Crippen LogP contribution in [0, 0.1) is 17.1 Å². The Morgan fingerprint density at radius 2 is 2.00 bits per heavy atom. The van der Waals surface area contributed by atoms with Crippen LogP contribution in [0.15, 0.2) is 41.3 Å². The second-order valence-corrected chi connectivity index (χ2v) is 6.15. The minimum absolute atomic E-state index is 0.0296. The Hall–Kier alpha value is -2.30. The lowest BCUT2D eigenvalue weighted by molar-refractivity contribution is 0.599. The molecule has 0 atom stereocenters. The average Bonchev–Trinajstić information content (AvgIpc) is 2.43. The Morgan fingerprint density at radius 3 is 2.62 bits per heavy atom. The molecule has 108 valence electrons. The highest BCUT2D eigenvalue weighted by Gasteiger charge is 2.19. The molecule has 0 aliphatic heterocycles. The van der Waals surface area contributed by atoms with E-state index in [0.29, 0.717) is 0 Å². The van der Waals surface area contributed by atoms with Crippen molar-refractivity contribution in [3.8, 4) is 6.07 Å². The van der Waals surface area contributed by atoms with Gasteiger partial charge in [-0.05, 0) is 30.3 Å². The Morgan fingerprint density at radius 1 is 1.29 bits per heavy atom. The second kappa shape index (κ2) is 5.60. The number of hydrogen-bond acceptors (Lipinski definition) is 4. The molecular weight excluding hydrogens is 317 g/mol. The number of nitrogens with zero attached hydrogens (tertiary/aromatic N) is 1. The minimum atomic E-state index is -4.04. The molecule has 2 rings (SSSR count). The van der Waals surface area contributed by atoms with E-state index in [4.69, 9.17) is 22.6 Å². The molecule has 8 heteroatoms. The van der Waals surface area contributed by atoms with Crippen molar-refractivity contribution in [2.24, 2.45) is 0 Å². The maximum absolute atomic E-state index is 13.2. The van der Waals surface area contributed by atoms with Crippen LogP contribution in [0.4, 0.5) is 15.8 Å². The van der Waals surface area contributed by atoms with E-state index in [2.05, 4.69) is 4.72 Å². The van der Waals surface area contributed by atoms with Gasteiger partial charge in [0.1, 0.15) is 11.9 Å². The number of anilines is 2. The molecule has 0 fully saturated rings. The third-order valence-corrected chi connectivity index (χ3v) is 4.31. The zero-order chi connectivity index (χ0) is 15.6. The van der Waals surface area contributed by atoms with E-state index < -0.39 is 15.8 Å². The molecule has 0 heterocycles. The fraction of sp³-hybridized carbons (Fsp3) is 0. The van der Waals surface area contributed by atoms with Crippen LogP contribution in [0.5, 0.6) is 0 Å². The van der Waals surface area contributed by atoms with E-state index in [1.165, 1.54) is 12.1 Å². The van der Waals surface area contributed by atoms with Gasteiger partial charge in [-0.15, -0.1) is 0 Å². The van der Waals surface area contributed by atoms with Crippen LogP contribution in [0.3, 0.4) is 0 Å². The first-order valence-electron chi connectivity index (χ1n) is 5.61. The van der Waals surface area contributed by atoms with Crippen molar-refractivity contribution in [1.82, 2.24) is 0 Å². The first-order valence-corrected chi connectivity index (χ1v) is 7.48. The van der Waals surface area contributed by atoms with Gasteiger partial charge >= 0.3 is 0 Å². The van der Waals surface area contributed by atoms with Gasteiger partial charge in [-0.2, -0.15) is 5.26 Å². The molecule has 0 radical (unpaired) electrons. The molecule has 5 nitrogen and oxygen atoms in total. The van der Waals surface area contributed by atoms with Gasteiger partial charge in [-0.25, -0.2) is 12.8 Å². The summed E-state index contributed by atoms with van der Waals surface area (Å²) in [6.45, 7) is 0. The van der Waals surface area contributed by atoms with Crippen LogP contribution in [-0.2, 0) is 10.0 Å². The van der Waals surface area contributed by atoms with Crippen molar-refractivity contribution in [3.63, 3.8) is 0 Å². The van der Waals surface area contributed by atoms with Crippen molar-refractivity contribution < 1.29 is 12.8 Å². The van der Waals surface area contributed by atoms with Gasteiger partial charge < -0.3 is 5.73 Å². The van der Waals surface area contributed by atoms with E-state index in [1.807, 2.05) is 0 Å². The van der Waals surface area contributed by atoms with Crippen LogP contribution >= 0.6 is 11.6 Å². The monoisotopic (exact) mass is 325 g/mol. The van der Waals surface area contributed by atoms with Gasteiger partial charge in [-0.3, -0.25) is 4.72 Å². The van der Waals surface area contributed by atoms with Crippen LogP contribution in [0.2, 0.25) is 5.02 Å². The standard InChI is InChI=1S/C13H9ClFN3O2S/c14-10-2-1-3-12(17)13(10)18-21(19,20)9-4-5-11(15)8(6-9)7-16/h1-6,18H,17H2. The molecule has 0 spiro atoms. The zero-order valence-corrected chi connectivity index (χ0v) is 12.0. The van der Waals surface area contributed by atoms with Crippen LogP contribution < -0.4 is 10.5 Å². The number of sulfonamides is 1. The molecular formula is C13H9ClFN3O2S. The summed E-state index contributed by atoms with van der Waals surface area (Å²) in [5.74, 6) is -0.797. The highest BCUT2D eigenvalue weighted by atomic mass is 35.5. The Balaban J connectivity index is 2.47.